The number of hydrogen-bond donors (Lipinski definition) is 1. The van der Waals surface area contributed by atoms with Crippen molar-refractivity contribution in [2.45, 2.75) is 13.1 Å². The van der Waals surface area contributed by atoms with Crippen LogP contribution in [0, 0.1) is 0 Å². The molecule has 0 fully saturated rings. The molecular formula is C13H15BrN2S. The van der Waals surface area contributed by atoms with E-state index in [9.17, 15) is 0 Å². The Hall–Kier alpha value is -0.840. The molecule has 2 nitrogen and oxygen atoms in total. The van der Waals surface area contributed by atoms with Gasteiger partial charge < -0.3 is 10.6 Å². The van der Waals surface area contributed by atoms with E-state index >= 15 is 0 Å². The van der Waals surface area contributed by atoms with Crippen LogP contribution in [-0.4, -0.2) is 7.05 Å². The minimum atomic E-state index is 0.565. The number of hydrogen-bond acceptors (Lipinski definition) is 3. The van der Waals surface area contributed by atoms with Crippen molar-refractivity contribution in [3.8, 4) is 0 Å². The Morgan fingerprint density at radius 2 is 2.18 bits per heavy atom. The third-order valence-corrected chi connectivity index (χ3v) is 4.27. The van der Waals surface area contributed by atoms with Crippen molar-refractivity contribution < 1.29 is 0 Å². The van der Waals surface area contributed by atoms with Crippen molar-refractivity contribution in [3.05, 3.63) is 50.6 Å². The van der Waals surface area contributed by atoms with Gasteiger partial charge in [-0.2, -0.15) is 0 Å². The Morgan fingerprint density at radius 1 is 1.35 bits per heavy atom. The van der Waals surface area contributed by atoms with Crippen LogP contribution in [0.2, 0.25) is 0 Å². The number of benzene rings is 1. The number of nitrogens with two attached hydrogens (primary N) is 1. The molecule has 0 spiro atoms. The second kappa shape index (κ2) is 5.67. The van der Waals surface area contributed by atoms with Crippen molar-refractivity contribution in [3.63, 3.8) is 0 Å². The number of nitrogens with zero attached hydrogens (tertiary/aromatic N) is 1. The number of halogens is 1. The molecule has 0 bridgehead atoms. The summed E-state index contributed by atoms with van der Waals surface area (Å²) in [6.07, 6.45) is 0. The lowest BCUT2D eigenvalue weighted by Crippen LogP contribution is -2.15. The van der Waals surface area contributed by atoms with Gasteiger partial charge in [0.25, 0.3) is 0 Å². The van der Waals surface area contributed by atoms with Crippen LogP contribution in [0.3, 0.4) is 0 Å². The van der Waals surface area contributed by atoms with Gasteiger partial charge in [-0.25, -0.2) is 0 Å². The molecule has 1 aromatic heterocycles. The number of rotatable bonds is 4. The predicted molar refractivity (Wildman–Crippen MR) is 78.5 cm³/mol. The van der Waals surface area contributed by atoms with Crippen molar-refractivity contribution in [1.29, 1.82) is 0 Å². The zero-order valence-corrected chi connectivity index (χ0v) is 12.1. The second-order valence-corrected chi connectivity index (χ2v) is 5.80. The molecule has 2 aromatic rings. The summed E-state index contributed by atoms with van der Waals surface area (Å²) in [5, 5.41) is 2.11. The largest absolute Gasteiger partial charge is 0.369 e. The molecule has 4 heteroatoms. The van der Waals surface area contributed by atoms with E-state index in [1.54, 1.807) is 11.3 Å². The van der Waals surface area contributed by atoms with Crippen LogP contribution in [0.25, 0.3) is 0 Å². The maximum absolute atomic E-state index is 5.64. The highest BCUT2D eigenvalue weighted by atomic mass is 79.9. The van der Waals surface area contributed by atoms with Gasteiger partial charge in [-0.05, 0) is 29.1 Å². The van der Waals surface area contributed by atoms with E-state index in [0.29, 0.717) is 6.54 Å². The maximum Gasteiger partial charge on any atom is 0.0519 e. The highest BCUT2D eigenvalue weighted by Crippen LogP contribution is 2.25. The van der Waals surface area contributed by atoms with Crippen molar-refractivity contribution in [2.75, 3.05) is 11.9 Å². The highest BCUT2D eigenvalue weighted by molar-refractivity contribution is 9.10. The Labute approximate surface area is 114 Å². The first-order valence-corrected chi connectivity index (χ1v) is 7.10. The SMILES string of the molecule is CN(Cc1cccs1)c1ccc(CN)c(Br)c1. The molecule has 1 aromatic carbocycles. The zero-order chi connectivity index (χ0) is 12.3. The minimum Gasteiger partial charge on any atom is -0.369 e. The normalized spacial score (nSPS) is 10.5. The lowest BCUT2D eigenvalue weighted by atomic mass is 10.2. The van der Waals surface area contributed by atoms with Gasteiger partial charge in [-0.15, -0.1) is 11.3 Å². The Kier molecular flexibility index (Phi) is 4.20. The number of thiophene rings is 1. The summed E-state index contributed by atoms with van der Waals surface area (Å²) >= 11 is 5.33. The molecule has 0 radical (unpaired) electrons. The van der Waals surface area contributed by atoms with E-state index in [4.69, 9.17) is 5.73 Å². The van der Waals surface area contributed by atoms with Gasteiger partial charge >= 0.3 is 0 Å². The van der Waals surface area contributed by atoms with Gasteiger partial charge in [0, 0.05) is 28.6 Å². The van der Waals surface area contributed by atoms with Gasteiger partial charge in [0.1, 0.15) is 0 Å². The summed E-state index contributed by atoms with van der Waals surface area (Å²) in [7, 11) is 2.10. The first kappa shape index (κ1) is 12.6. The smallest absolute Gasteiger partial charge is 0.0519 e. The fourth-order valence-electron chi connectivity index (χ4n) is 1.67. The summed E-state index contributed by atoms with van der Waals surface area (Å²) in [5.41, 5.74) is 7.98. The lowest BCUT2D eigenvalue weighted by molar-refractivity contribution is 0.937. The minimum absolute atomic E-state index is 0.565. The molecule has 0 aliphatic carbocycles. The first-order valence-electron chi connectivity index (χ1n) is 5.42. The maximum atomic E-state index is 5.64. The van der Waals surface area contributed by atoms with Crippen LogP contribution >= 0.6 is 27.3 Å². The van der Waals surface area contributed by atoms with Crippen LogP contribution in [0.5, 0.6) is 0 Å². The zero-order valence-electron chi connectivity index (χ0n) is 9.69. The molecule has 2 N–H and O–H groups in total. The van der Waals surface area contributed by atoms with Crippen LogP contribution < -0.4 is 10.6 Å². The third kappa shape index (κ3) is 3.09. The molecule has 0 amide bonds. The fourth-order valence-corrected chi connectivity index (χ4v) is 2.95. The highest BCUT2D eigenvalue weighted by Gasteiger charge is 2.05. The summed E-state index contributed by atoms with van der Waals surface area (Å²) in [6, 6.07) is 10.5. The van der Waals surface area contributed by atoms with E-state index < -0.39 is 0 Å². The van der Waals surface area contributed by atoms with E-state index in [1.165, 1.54) is 10.6 Å². The average Bonchev–Trinajstić information content (AvgIpc) is 2.81. The van der Waals surface area contributed by atoms with E-state index in [0.717, 1.165) is 16.6 Å². The van der Waals surface area contributed by atoms with Gasteiger partial charge in [0.15, 0.2) is 0 Å². The Bertz CT molecular complexity index is 482. The van der Waals surface area contributed by atoms with E-state index in [1.807, 2.05) is 0 Å². The van der Waals surface area contributed by atoms with Crippen molar-refractivity contribution >= 4 is 33.0 Å². The van der Waals surface area contributed by atoms with Gasteiger partial charge in [-0.1, -0.05) is 28.1 Å². The standard InChI is InChI=1S/C13H15BrN2S/c1-16(9-12-3-2-6-17-12)11-5-4-10(8-15)13(14)7-11/h2-7H,8-9,15H2,1H3. The predicted octanol–water partition coefficient (Wildman–Crippen LogP) is 3.61. The average molecular weight is 311 g/mol. The molecule has 90 valence electrons. The lowest BCUT2D eigenvalue weighted by Gasteiger charge is -2.19. The van der Waals surface area contributed by atoms with Crippen LogP contribution in [0.4, 0.5) is 5.69 Å². The monoisotopic (exact) mass is 310 g/mol. The number of anilines is 1. The molecule has 0 aliphatic rings. The Balaban J connectivity index is 2.14. The molecule has 17 heavy (non-hydrogen) atoms. The van der Waals surface area contributed by atoms with Crippen molar-refractivity contribution in [2.24, 2.45) is 5.73 Å². The van der Waals surface area contributed by atoms with Crippen LogP contribution in [0.15, 0.2) is 40.2 Å². The van der Waals surface area contributed by atoms with Gasteiger partial charge in [0.2, 0.25) is 0 Å². The molecule has 0 aliphatic heterocycles. The third-order valence-electron chi connectivity index (χ3n) is 2.67. The summed E-state index contributed by atoms with van der Waals surface area (Å²) in [5.74, 6) is 0. The van der Waals surface area contributed by atoms with Crippen LogP contribution in [-0.2, 0) is 13.1 Å². The molecule has 2 rings (SSSR count). The fraction of sp³-hybridized carbons (Fsp3) is 0.231. The van der Waals surface area contributed by atoms with Gasteiger partial charge in [-0.3, -0.25) is 0 Å². The van der Waals surface area contributed by atoms with Gasteiger partial charge in [0.05, 0.1) is 6.54 Å². The van der Waals surface area contributed by atoms with E-state index in [-0.39, 0.29) is 0 Å². The topological polar surface area (TPSA) is 29.3 Å². The molecule has 1 heterocycles. The molecule has 0 saturated heterocycles. The molecule has 0 saturated carbocycles. The molecule has 0 atom stereocenters. The molecular weight excluding hydrogens is 296 g/mol. The Morgan fingerprint density at radius 3 is 2.76 bits per heavy atom. The van der Waals surface area contributed by atoms with E-state index in [2.05, 4.69) is 63.6 Å². The summed E-state index contributed by atoms with van der Waals surface area (Å²) < 4.78 is 1.08. The van der Waals surface area contributed by atoms with Crippen LogP contribution in [0.1, 0.15) is 10.4 Å². The second-order valence-electron chi connectivity index (χ2n) is 3.92. The summed E-state index contributed by atoms with van der Waals surface area (Å²) in [4.78, 5) is 3.60. The quantitative estimate of drug-likeness (QED) is 0.935. The first-order chi connectivity index (χ1) is 8.20. The van der Waals surface area contributed by atoms with Crippen molar-refractivity contribution in [1.82, 2.24) is 0 Å². The summed E-state index contributed by atoms with van der Waals surface area (Å²) in [6.45, 7) is 1.50. The molecule has 0 unspecified atom stereocenters.